The largest absolute Gasteiger partial charge is 0.479 e. The molecule has 0 N–H and O–H groups in total. The van der Waals surface area contributed by atoms with Crippen molar-refractivity contribution in [2.24, 2.45) is 0 Å². The molecule has 0 aliphatic carbocycles. The molecule has 1 amide bonds. The molecule has 2 aromatic rings. The first-order valence-corrected chi connectivity index (χ1v) is 10.9. The Balaban J connectivity index is 1.61. The predicted molar refractivity (Wildman–Crippen MR) is 108 cm³/mol. The Morgan fingerprint density at radius 2 is 1.64 bits per heavy atom. The summed E-state index contributed by atoms with van der Waals surface area (Å²) in [5.41, 5.74) is 0. The Bertz CT molecular complexity index is 946. The van der Waals surface area contributed by atoms with E-state index in [2.05, 4.69) is 0 Å². The number of carbonyl (C=O) groups is 1. The van der Waals surface area contributed by atoms with Crippen molar-refractivity contribution in [1.29, 1.82) is 0 Å². The van der Waals surface area contributed by atoms with Crippen molar-refractivity contribution in [3.05, 3.63) is 58.6 Å². The van der Waals surface area contributed by atoms with Gasteiger partial charge in [-0.1, -0.05) is 47.5 Å². The molecule has 0 aromatic heterocycles. The normalized spacial score (nSPS) is 16.6. The average Bonchev–Trinajstić information content (AvgIpc) is 2.71. The van der Waals surface area contributed by atoms with E-state index in [4.69, 9.17) is 27.9 Å². The Morgan fingerprint density at radius 1 is 1.00 bits per heavy atom. The molecule has 0 unspecified atom stereocenters. The summed E-state index contributed by atoms with van der Waals surface area (Å²) in [5.74, 6) is 0.105. The standard InChI is InChI=1S/C19H20Cl2N2O4S/c1-14(27-17-9-5-8-16(20)18(17)21)19(24)22-10-12-23(13-11-22)28(25,26)15-6-3-2-4-7-15/h2-9,14H,10-13H2,1H3/t14-/m0/s1. The first-order valence-electron chi connectivity index (χ1n) is 8.75. The molecule has 6 nitrogen and oxygen atoms in total. The van der Waals surface area contributed by atoms with Crippen LogP contribution in [0.1, 0.15) is 6.92 Å². The summed E-state index contributed by atoms with van der Waals surface area (Å²) < 4.78 is 32.4. The fourth-order valence-corrected chi connectivity index (χ4v) is 4.74. The number of sulfonamides is 1. The molecule has 1 atom stereocenters. The zero-order valence-electron chi connectivity index (χ0n) is 15.2. The highest BCUT2D eigenvalue weighted by molar-refractivity contribution is 7.89. The third-order valence-corrected chi connectivity index (χ3v) is 7.21. The lowest BCUT2D eigenvalue weighted by Crippen LogP contribution is -2.53. The lowest BCUT2D eigenvalue weighted by Gasteiger charge is -2.35. The van der Waals surface area contributed by atoms with Gasteiger partial charge in [0.15, 0.2) is 6.10 Å². The number of benzene rings is 2. The second-order valence-corrected chi connectivity index (χ2v) is 9.08. The summed E-state index contributed by atoms with van der Waals surface area (Å²) in [6, 6.07) is 13.2. The molecule has 1 aliphatic rings. The van der Waals surface area contributed by atoms with Crippen LogP contribution in [-0.2, 0) is 14.8 Å². The van der Waals surface area contributed by atoms with Crippen molar-refractivity contribution in [2.75, 3.05) is 26.2 Å². The van der Waals surface area contributed by atoms with E-state index in [9.17, 15) is 13.2 Å². The minimum atomic E-state index is -3.56. The monoisotopic (exact) mass is 442 g/mol. The number of halogens is 2. The van der Waals surface area contributed by atoms with Crippen molar-refractivity contribution in [2.45, 2.75) is 17.9 Å². The van der Waals surface area contributed by atoms with Crippen LogP contribution in [0.5, 0.6) is 5.75 Å². The molecular formula is C19H20Cl2N2O4S. The summed E-state index contributed by atoms with van der Waals surface area (Å²) >= 11 is 12.1. The highest BCUT2D eigenvalue weighted by Gasteiger charge is 2.32. The Kier molecular flexibility index (Phi) is 6.50. The maximum absolute atomic E-state index is 12.7. The van der Waals surface area contributed by atoms with E-state index in [1.807, 2.05) is 0 Å². The van der Waals surface area contributed by atoms with Crippen LogP contribution in [0.4, 0.5) is 0 Å². The van der Waals surface area contributed by atoms with Gasteiger partial charge < -0.3 is 9.64 Å². The number of nitrogens with zero attached hydrogens (tertiary/aromatic N) is 2. The zero-order valence-corrected chi connectivity index (χ0v) is 17.5. The molecule has 1 fully saturated rings. The van der Waals surface area contributed by atoms with Gasteiger partial charge in [-0.25, -0.2) is 8.42 Å². The number of piperazine rings is 1. The minimum absolute atomic E-state index is 0.229. The van der Waals surface area contributed by atoms with Gasteiger partial charge in [-0.3, -0.25) is 4.79 Å². The van der Waals surface area contributed by atoms with E-state index in [0.717, 1.165) is 0 Å². The van der Waals surface area contributed by atoms with Crippen molar-refractivity contribution < 1.29 is 17.9 Å². The number of amides is 1. The summed E-state index contributed by atoms with van der Waals surface area (Å²) in [6.45, 7) is 2.68. The van der Waals surface area contributed by atoms with Gasteiger partial charge >= 0.3 is 0 Å². The molecule has 150 valence electrons. The second kappa shape index (κ2) is 8.69. The molecule has 1 saturated heterocycles. The van der Waals surface area contributed by atoms with Gasteiger partial charge in [0.05, 0.1) is 9.92 Å². The van der Waals surface area contributed by atoms with Crippen molar-refractivity contribution in [1.82, 2.24) is 9.21 Å². The molecule has 0 saturated carbocycles. The van der Waals surface area contributed by atoms with Crippen LogP contribution in [0.15, 0.2) is 53.4 Å². The van der Waals surface area contributed by atoms with Crippen LogP contribution in [0.25, 0.3) is 0 Å². The molecule has 3 rings (SSSR count). The highest BCUT2D eigenvalue weighted by Crippen LogP contribution is 2.32. The topological polar surface area (TPSA) is 66.9 Å². The summed E-state index contributed by atoms with van der Waals surface area (Å²) in [5, 5.41) is 0.598. The van der Waals surface area contributed by atoms with E-state index in [1.54, 1.807) is 60.4 Å². The molecule has 1 heterocycles. The molecule has 1 aliphatic heterocycles. The maximum Gasteiger partial charge on any atom is 0.263 e. The second-order valence-electron chi connectivity index (χ2n) is 6.35. The van der Waals surface area contributed by atoms with E-state index >= 15 is 0 Å². The lowest BCUT2D eigenvalue weighted by molar-refractivity contribution is -0.139. The fraction of sp³-hybridized carbons (Fsp3) is 0.316. The Labute approximate surface area is 174 Å². The zero-order chi connectivity index (χ0) is 20.3. The molecule has 28 heavy (non-hydrogen) atoms. The molecule has 0 radical (unpaired) electrons. The third-order valence-electron chi connectivity index (χ3n) is 4.50. The van der Waals surface area contributed by atoms with Crippen LogP contribution in [0, 0.1) is 0 Å². The van der Waals surface area contributed by atoms with Crippen LogP contribution >= 0.6 is 23.2 Å². The molecule has 9 heteroatoms. The molecule has 2 aromatic carbocycles. The van der Waals surface area contributed by atoms with E-state index < -0.39 is 16.1 Å². The van der Waals surface area contributed by atoms with Crippen LogP contribution in [0.2, 0.25) is 10.0 Å². The van der Waals surface area contributed by atoms with Crippen molar-refractivity contribution >= 4 is 39.1 Å². The summed E-state index contributed by atoms with van der Waals surface area (Å²) in [6.07, 6.45) is -0.770. The van der Waals surface area contributed by atoms with Crippen molar-refractivity contribution in [3.8, 4) is 5.75 Å². The minimum Gasteiger partial charge on any atom is -0.479 e. The lowest BCUT2D eigenvalue weighted by atomic mass is 10.2. The molecule has 0 bridgehead atoms. The van der Waals surface area contributed by atoms with Crippen LogP contribution in [-0.4, -0.2) is 55.8 Å². The van der Waals surface area contributed by atoms with E-state index in [-0.39, 0.29) is 28.9 Å². The first kappa shape index (κ1) is 20.9. The Morgan fingerprint density at radius 3 is 2.29 bits per heavy atom. The van der Waals surface area contributed by atoms with Gasteiger partial charge in [-0.2, -0.15) is 4.31 Å². The third kappa shape index (κ3) is 4.43. The first-order chi connectivity index (χ1) is 13.3. The number of carbonyl (C=O) groups excluding carboxylic acids is 1. The SMILES string of the molecule is C[C@H](Oc1cccc(Cl)c1Cl)C(=O)N1CCN(S(=O)(=O)c2ccccc2)CC1. The van der Waals surface area contributed by atoms with Crippen LogP contribution in [0.3, 0.4) is 0 Å². The summed E-state index contributed by atoms with van der Waals surface area (Å²) in [4.78, 5) is 14.5. The van der Waals surface area contributed by atoms with E-state index in [0.29, 0.717) is 23.9 Å². The maximum atomic E-state index is 12.7. The van der Waals surface area contributed by atoms with Crippen molar-refractivity contribution in [3.63, 3.8) is 0 Å². The fourth-order valence-electron chi connectivity index (χ4n) is 2.96. The van der Waals surface area contributed by atoms with Gasteiger partial charge in [0.2, 0.25) is 10.0 Å². The van der Waals surface area contributed by atoms with Gasteiger partial charge in [0.25, 0.3) is 5.91 Å². The molecular weight excluding hydrogens is 423 g/mol. The van der Waals surface area contributed by atoms with Gasteiger partial charge in [0.1, 0.15) is 10.8 Å². The predicted octanol–water partition coefficient (Wildman–Crippen LogP) is 3.29. The number of hydrogen-bond acceptors (Lipinski definition) is 4. The number of hydrogen-bond donors (Lipinski definition) is 0. The quantitative estimate of drug-likeness (QED) is 0.712. The van der Waals surface area contributed by atoms with Gasteiger partial charge in [-0.15, -0.1) is 0 Å². The van der Waals surface area contributed by atoms with Gasteiger partial charge in [-0.05, 0) is 31.2 Å². The van der Waals surface area contributed by atoms with E-state index in [1.165, 1.54) is 4.31 Å². The highest BCUT2D eigenvalue weighted by atomic mass is 35.5. The van der Waals surface area contributed by atoms with Crippen LogP contribution < -0.4 is 4.74 Å². The number of rotatable bonds is 5. The van der Waals surface area contributed by atoms with Gasteiger partial charge in [0, 0.05) is 26.2 Å². The smallest absolute Gasteiger partial charge is 0.263 e. The molecule has 0 spiro atoms. The number of ether oxygens (including phenoxy) is 1. The average molecular weight is 443 g/mol. The summed E-state index contributed by atoms with van der Waals surface area (Å²) in [7, 11) is -3.56. The Hall–Kier alpha value is -1.80.